The number of benzene rings is 1. The van der Waals surface area contributed by atoms with Crippen molar-refractivity contribution in [3.8, 4) is 0 Å². The van der Waals surface area contributed by atoms with Gasteiger partial charge >= 0.3 is 5.97 Å². The number of aliphatic carboxylic acids is 1. The zero-order valence-electron chi connectivity index (χ0n) is 9.95. The molecule has 0 aromatic heterocycles. The van der Waals surface area contributed by atoms with E-state index >= 15 is 0 Å². The van der Waals surface area contributed by atoms with E-state index in [-0.39, 0.29) is 12.5 Å². The molecule has 1 fully saturated rings. The number of carbonyl (C=O) groups is 1. The molecule has 1 heterocycles. The molecule has 0 spiro atoms. The van der Waals surface area contributed by atoms with Gasteiger partial charge in [-0.25, -0.2) is 0 Å². The SMILES string of the molecule is O=C(O)[C@@H]1C[C@H](O)[C@@H](COCc2ccccc2)N1. The number of aliphatic hydroxyl groups excluding tert-OH is 1. The zero-order valence-corrected chi connectivity index (χ0v) is 9.95. The summed E-state index contributed by atoms with van der Waals surface area (Å²) in [6.07, 6.45) is -0.434. The van der Waals surface area contributed by atoms with Gasteiger partial charge in [0.2, 0.25) is 0 Å². The minimum Gasteiger partial charge on any atom is -0.480 e. The lowest BCUT2D eigenvalue weighted by molar-refractivity contribution is -0.139. The number of nitrogens with one attached hydrogen (secondary N) is 1. The predicted octanol–water partition coefficient (Wildman–Crippen LogP) is 0.379. The lowest BCUT2D eigenvalue weighted by atomic mass is 10.1. The van der Waals surface area contributed by atoms with Gasteiger partial charge in [-0.1, -0.05) is 30.3 Å². The van der Waals surface area contributed by atoms with Gasteiger partial charge in [-0.2, -0.15) is 0 Å². The second-order valence-corrected chi connectivity index (χ2v) is 4.47. The molecule has 1 aromatic rings. The molecule has 18 heavy (non-hydrogen) atoms. The Balaban J connectivity index is 1.76. The van der Waals surface area contributed by atoms with Crippen LogP contribution in [0.3, 0.4) is 0 Å². The molecule has 1 aliphatic rings. The average molecular weight is 251 g/mol. The highest BCUT2D eigenvalue weighted by Crippen LogP contribution is 2.14. The van der Waals surface area contributed by atoms with E-state index in [1.807, 2.05) is 30.3 Å². The summed E-state index contributed by atoms with van der Waals surface area (Å²) in [5.74, 6) is -0.931. The van der Waals surface area contributed by atoms with Gasteiger partial charge in [0.1, 0.15) is 6.04 Å². The van der Waals surface area contributed by atoms with Crippen molar-refractivity contribution in [2.75, 3.05) is 6.61 Å². The lowest BCUT2D eigenvalue weighted by Crippen LogP contribution is -2.39. The number of carboxylic acids is 1. The monoisotopic (exact) mass is 251 g/mol. The van der Waals surface area contributed by atoms with Crippen LogP contribution in [0.15, 0.2) is 30.3 Å². The molecule has 0 unspecified atom stereocenters. The molecular weight excluding hydrogens is 234 g/mol. The summed E-state index contributed by atoms with van der Waals surface area (Å²) < 4.78 is 5.49. The van der Waals surface area contributed by atoms with Gasteiger partial charge < -0.3 is 14.9 Å². The van der Waals surface area contributed by atoms with Crippen molar-refractivity contribution >= 4 is 5.97 Å². The molecule has 2 rings (SSSR count). The second-order valence-electron chi connectivity index (χ2n) is 4.47. The summed E-state index contributed by atoms with van der Waals surface area (Å²) in [5.41, 5.74) is 1.06. The molecule has 0 amide bonds. The Morgan fingerprint density at radius 1 is 1.39 bits per heavy atom. The first-order chi connectivity index (χ1) is 8.66. The molecule has 0 saturated carbocycles. The van der Waals surface area contributed by atoms with Crippen molar-refractivity contribution in [2.45, 2.75) is 31.2 Å². The lowest BCUT2D eigenvalue weighted by Gasteiger charge is -2.15. The fraction of sp³-hybridized carbons (Fsp3) is 0.462. The van der Waals surface area contributed by atoms with Gasteiger partial charge in [-0.3, -0.25) is 10.1 Å². The molecule has 1 saturated heterocycles. The van der Waals surface area contributed by atoms with E-state index < -0.39 is 18.1 Å². The van der Waals surface area contributed by atoms with Crippen LogP contribution in [0.5, 0.6) is 0 Å². The zero-order chi connectivity index (χ0) is 13.0. The van der Waals surface area contributed by atoms with Crippen molar-refractivity contribution in [2.24, 2.45) is 0 Å². The smallest absolute Gasteiger partial charge is 0.320 e. The summed E-state index contributed by atoms with van der Waals surface area (Å²) in [7, 11) is 0. The van der Waals surface area contributed by atoms with Crippen molar-refractivity contribution in [3.05, 3.63) is 35.9 Å². The highest BCUT2D eigenvalue weighted by Gasteiger charge is 2.36. The van der Waals surface area contributed by atoms with Gasteiger partial charge in [-0.05, 0) is 5.56 Å². The van der Waals surface area contributed by atoms with Crippen molar-refractivity contribution in [1.29, 1.82) is 0 Å². The molecule has 5 nitrogen and oxygen atoms in total. The fourth-order valence-electron chi connectivity index (χ4n) is 2.05. The number of ether oxygens (including phenoxy) is 1. The number of rotatable bonds is 5. The largest absolute Gasteiger partial charge is 0.480 e. The first-order valence-electron chi connectivity index (χ1n) is 5.95. The van der Waals surface area contributed by atoms with Crippen LogP contribution in [0.25, 0.3) is 0 Å². The van der Waals surface area contributed by atoms with Crippen molar-refractivity contribution < 1.29 is 19.7 Å². The minimum absolute atomic E-state index is 0.231. The molecule has 0 aliphatic carbocycles. The van der Waals surface area contributed by atoms with E-state index in [4.69, 9.17) is 9.84 Å². The van der Waals surface area contributed by atoms with Crippen LogP contribution in [0, 0.1) is 0 Å². The van der Waals surface area contributed by atoms with Crippen LogP contribution in [0.1, 0.15) is 12.0 Å². The van der Waals surface area contributed by atoms with Crippen LogP contribution in [-0.2, 0) is 16.1 Å². The van der Waals surface area contributed by atoms with Crippen LogP contribution >= 0.6 is 0 Å². The number of carboxylic acid groups (broad SMARTS) is 1. The Morgan fingerprint density at radius 3 is 2.72 bits per heavy atom. The third kappa shape index (κ3) is 3.29. The summed E-state index contributed by atoms with van der Waals surface area (Å²) >= 11 is 0. The summed E-state index contributed by atoms with van der Waals surface area (Å²) in [6.45, 7) is 0.767. The van der Waals surface area contributed by atoms with E-state index in [1.54, 1.807) is 0 Å². The standard InChI is InChI=1S/C13H17NO4/c15-12-6-10(13(16)17)14-11(12)8-18-7-9-4-2-1-3-5-9/h1-5,10-12,14-15H,6-8H2,(H,16,17)/t10-,11+,12-/m0/s1. The Labute approximate surface area is 105 Å². The third-order valence-corrected chi connectivity index (χ3v) is 3.06. The molecule has 5 heteroatoms. The van der Waals surface area contributed by atoms with Crippen molar-refractivity contribution in [3.63, 3.8) is 0 Å². The van der Waals surface area contributed by atoms with Gasteiger partial charge in [-0.15, -0.1) is 0 Å². The summed E-state index contributed by atoms with van der Waals surface area (Å²) in [6, 6.07) is 8.73. The molecule has 0 radical (unpaired) electrons. The van der Waals surface area contributed by atoms with Crippen LogP contribution in [-0.4, -0.2) is 41.0 Å². The first-order valence-corrected chi connectivity index (χ1v) is 5.95. The molecule has 1 aliphatic heterocycles. The Bertz CT molecular complexity index is 395. The molecule has 0 bridgehead atoms. The average Bonchev–Trinajstić information content (AvgIpc) is 2.73. The number of hydrogen-bond acceptors (Lipinski definition) is 4. The summed E-state index contributed by atoms with van der Waals surface area (Å²) in [5, 5.41) is 21.4. The molecular formula is C13H17NO4. The van der Waals surface area contributed by atoms with Crippen LogP contribution < -0.4 is 5.32 Å². The van der Waals surface area contributed by atoms with E-state index in [2.05, 4.69) is 5.32 Å². The van der Waals surface area contributed by atoms with E-state index in [0.717, 1.165) is 5.56 Å². The van der Waals surface area contributed by atoms with Gasteiger partial charge in [0.15, 0.2) is 0 Å². The van der Waals surface area contributed by atoms with Gasteiger partial charge in [0.25, 0.3) is 0 Å². The van der Waals surface area contributed by atoms with Crippen LogP contribution in [0.2, 0.25) is 0 Å². The maximum atomic E-state index is 10.8. The molecule has 3 N–H and O–H groups in total. The minimum atomic E-state index is -0.931. The number of hydrogen-bond donors (Lipinski definition) is 3. The maximum Gasteiger partial charge on any atom is 0.320 e. The van der Waals surface area contributed by atoms with E-state index in [1.165, 1.54) is 0 Å². The van der Waals surface area contributed by atoms with Gasteiger partial charge in [0, 0.05) is 6.42 Å². The normalized spacial score (nSPS) is 27.3. The Kier molecular flexibility index (Phi) is 4.30. The van der Waals surface area contributed by atoms with E-state index in [9.17, 15) is 9.90 Å². The topological polar surface area (TPSA) is 78.8 Å². The quantitative estimate of drug-likeness (QED) is 0.705. The highest BCUT2D eigenvalue weighted by molar-refractivity contribution is 5.74. The second kappa shape index (κ2) is 5.95. The Hall–Kier alpha value is -1.43. The van der Waals surface area contributed by atoms with Crippen molar-refractivity contribution in [1.82, 2.24) is 5.32 Å². The van der Waals surface area contributed by atoms with E-state index in [0.29, 0.717) is 13.2 Å². The molecule has 3 atom stereocenters. The third-order valence-electron chi connectivity index (χ3n) is 3.06. The molecule has 1 aromatic carbocycles. The predicted molar refractivity (Wildman–Crippen MR) is 65.1 cm³/mol. The maximum absolute atomic E-state index is 10.8. The molecule has 98 valence electrons. The Morgan fingerprint density at radius 2 is 2.11 bits per heavy atom. The highest BCUT2D eigenvalue weighted by atomic mass is 16.5. The fourth-order valence-corrected chi connectivity index (χ4v) is 2.05. The number of aliphatic hydroxyl groups is 1. The van der Waals surface area contributed by atoms with Crippen LogP contribution in [0.4, 0.5) is 0 Å². The summed E-state index contributed by atoms with van der Waals surface area (Å²) in [4.78, 5) is 10.8. The first kappa shape index (κ1) is 13.0. The van der Waals surface area contributed by atoms with Gasteiger partial charge in [0.05, 0.1) is 25.4 Å².